The number of thiazole rings is 1. The number of hydrogen-bond donors (Lipinski definition) is 1. The molecule has 0 aliphatic carbocycles. The maximum atomic E-state index is 13.9. The predicted molar refractivity (Wildman–Crippen MR) is 111 cm³/mol. The Bertz CT molecular complexity index is 1120. The van der Waals surface area contributed by atoms with Crippen LogP contribution < -0.4 is 10.1 Å². The van der Waals surface area contributed by atoms with E-state index in [1.54, 1.807) is 17.4 Å². The molecule has 4 nitrogen and oxygen atoms in total. The van der Waals surface area contributed by atoms with Crippen molar-refractivity contribution in [3.8, 4) is 16.3 Å². The van der Waals surface area contributed by atoms with Gasteiger partial charge in [0.05, 0.1) is 23.9 Å². The standard InChI is InChI=1S/C22H17FN2O2S/c1-27-20-11-10-14(12-16(20)23)19(26)13-24-17-7-3-2-6-15(17)22-25-18-8-4-5-9-21(18)28-22/h2-12,24H,13H2,1H3. The summed E-state index contributed by atoms with van der Waals surface area (Å²) in [6.45, 7) is 0.0493. The van der Waals surface area contributed by atoms with Crippen molar-refractivity contribution in [3.63, 3.8) is 0 Å². The van der Waals surface area contributed by atoms with E-state index in [0.717, 1.165) is 26.5 Å². The Labute approximate surface area is 165 Å². The molecule has 0 saturated heterocycles. The van der Waals surface area contributed by atoms with Crippen molar-refractivity contribution in [2.75, 3.05) is 19.0 Å². The number of anilines is 1. The van der Waals surface area contributed by atoms with Crippen LogP contribution in [0.25, 0.3) is 20.8 Å². The Morgan fingerprint density at radius 1 is 1.11 bits per heavy atom. The van der Waals surface area contributed by atoms with Crippen LogP contribution in [0.5, 0.6) is 5.75 Å². The van der Waals surface area contributed by atoms with Crippen LogP contribution in [0.4, 0.5) is 10.1 Å². The summed E-state index contributed by atoms with van der Waals surface area (Å²) in [7, 11) is 1.39. The Kier molecular flexibility index (Phi) is 5.04. The second kappa shape index (κ2) is 7.78. The third-order valence-corrected chi connectivity index (χ3v) is 5.43. The molecule has 4 rings (SSSR count). The molecular formula is C22H17FN2O2S. The molecule has 0 fully saturated rings. The van der Waals surface area contributed by atoms with Crippen LogP contribution in [-0.4, -0.2) is 24.4 Å². The molecule has 28 heavy (non-hydrogen) atoms. The van der Waals surface area contributed by atoms with E-state index >= 15 is 0 Å². The lowest BCUT2D eigenvalue weighted by atomic mass is 10.1. The lowest BCUT2D eigenvalue weighted by molar-refractivity contribution is 0.101. The number of para-hydroxylation sites is 2. The lowest BCUT2D eigenvalue weighted by Crippen LogP contribution is -2.14. The first kappa shape index (κ1) is 18.1. The number of ether oxygens (including phenoxy) is 1. The van der Waals surface area contributed by atoms with Crippen molar-refractivity contribution in [2.24, 2.45) is 0 Å². The van der Waals surface area contributed by atoms with Gasteiger partial charge in [-0.15, -0.1) is 11.3 Å². The molecule has 3 aromatic carbocycles. The van der Waals surface area contributed by atoms with E-state index in [0.29, 0.717) is 5.56 Å². The van der Waals surface area contributed by atoms with E-state index < -0.39 is 5.82 Å². The van der Waals surface area contributed by atoms with E-state index in [4.69, 9.17) is 4.74 Å². The summed E-state index contributed by atoms with van der Waals surface area (Å²) in [6.07, 6.45) is 0. The molecular weight excluding hydrogens is 375 g/mol. The number of aromatic nitrogens is 1. The third kappa shape index (κ3) is 3.59. The molecule has 140 valence electrons. The topological polar surface area (TPSA) is 51.2 Å². The summed E-state index contributed by atoms with van der Waals surface area (Å²) >= 11 is 1.60. The number of carbonyl (C=O) groups is 1. The molecule has 0 bridgehead atoms. The third-order valence-electron chi connectivity index (χ3n) is 4.36. The van der Waals surface area contributed by atoms with Gasteiger partial charge in [-0.2, -0.15) is 0 Å². The summed E-state index contributed by atoms with van der Waals surface area (Å²) < 4.78 is 19.9. The highest BCUT2D eigenvalue weighted by Gasteiger charge is 2.13. The van der Waals surface area contributed by atoms with Crippen molar-refractivity contribution in [1.29, 1.82) is 0 Å². The van der Waals surface area contributed by atoms with E-state index in [9.17, 15) is 9.18 Å². The molecule has 0 aliphatic rings. The fourth-order valence-electron chi connectivity index (χ4n) is 2.93. The zero-order chi connectivity index (χ0) is 19.5. The fourth-order valence-corrected chi connectivity index (χ4v) is 3.93. The lowest BCUT2D eigenvalue weighted by Gasteiger charge is -2.10. The number of nitrogens with zero attached hydrogens (tertiary/aromatic N) is 1. The number of Topliss-reactive ketones (excluding diaryl/α,β-unsaturated/α-hetero) is 1. The van der Waals surface area contributed by atoms with Gasteiger partial charge in [-0.1, -0.05) is 24.3 Å². The average molecular weight is 392 g/mol. The summed E-state index contributed by atoms with van der Waals surface area (Å²) in [5.41, 5.74) is 2.98. The van der Waals surface area contributed by atoms with Gasteiger partial charge in [0.2, 0.25) is 0 Å². The zero-order valence-electron chi connectivity index (χ0n) is 15.1. The molecule has 0 aliphatic heterocycles. The van der Waals surface area contributed by atoms with Crippen LogP contribution in [0.15, 0.2) is 66.7 Å². The van der Waals surface area contributed by atoms with E-state index in [-0.39, 0.29) is 18.1 Å². The number of rotatable bonds is 6. The van der Waals surface area contributed by atoms with Crippen LogP contribution >= 0.6 is 11.3 Å². The molecule has 0 radical (unpaired) electrons. The molecule has 1 N–H and O–H groups in total. The van der Waals surface area contributed by atoms with E-state index in [1.165, 1.54) is 19.2 Å². The van der Waals surface area contributed by atoms with Crippen molar-refractivity contribution < 1.29 is 13.9 Å². The van der Waals surface area contributed by atoms with Crippen molar-refractivity contribution >= 4 is 33.0 Å². The first-order chi connectivity index (χ1) is 13.7. The van der Waals surface area contributed by atoms with Gasteiger partial charge in [-0.25, -0.2) is 9.37 Å². The number of fused-ring (bicyclic) bond motifs is 1. The Morgan fingerprint density at radius 3 is 2.68 bits per heavy atom. The predicted octanol–water partition coefficient (Wildman–Crippen LogP) is 5.41. The molecule has 0 amide bonds. The van der Waals surface area contributed by atoms with Gasteiger partial charge in [0.25, 0.3) is 0 Å². The number of halogens is 1. The molecule has 0 atom stereocenters. The highest BCUT2D eigenvalue weighted by atomic mass is 32.1. The molecule has 0 unspecified atom stereocenters. The molecule has 6 heteroatoms. The highest BCUT2D eigenvalue weighted by molar-refractivity contribution is 7.21. The van der Waals surface area contributed by atoms with Crippen molar-refractivity contribution in [3.05, 3.63) is 78.1 Å². The Morgan fingerprint density at radius 2 is 1.89 bits per heavy atom. The number of ketones is 1. The Balaban J connectivity index is 1.56. The highest BCUT2D eigenvalue weighted by Crippen LogP contribution is 2.34. The summed E-state index contributed by atoms with van der Waals surface area (Å²) in [6, 6.07) is 19.9. The molecule has 4 aromatic rings. The largest absolute Gasteiger partial charge is 0.494 e. The molecule has 0 spiro atoms. The smallest absolute Gasteiger partial charge is 0.181 e. The number of methoxy groups -OCH3 is 1. The van der Waals surface area contributed by atoms with Gasteiger partial charge >= 0.3 is 0 Å². The quantitative estimate of drug-likeness (QED) is 0.446. The number of hydrogen-bond acceptors (Lipinski definition) is 5. The van der Waals surface area contributed by atoms with Gasteiger partial charge in [0.15, 0.2) is 17.3 Å². The van der Waals surface area contributed by atoms with Crippen LogP contribution in [0.1, 0.15) is 10.4 Å². The summed E-state index contributed by atoms with van der Waals surface area (Å²) in [4.78, 5) is 17.2. The SMILES string of the molecule is COc1ccc(C(=O)CNc2ccccc2-c2nc3ccccc3s2)cc1F. The molecule has 1 heterocycles. The first-order valence-corrected chi connectivity index (χ1v) is 9.53. The van der Waals surface area contributed by atoms with Crippen LogP contribution in [0.2, 0.25) is 0 Å². The van der Waals surface area contributed by atoms with Crippen molar-refractivity contribution in [2.45, 2.75) is 0 Å². The fraction of sp³-hybridized carbons (Fsp3) is 0.0909. The normalized spacial score (nSPS) is 10.8. The minimum absolute atomic E-state index is 0.0493. The first-order valence-electron chi connectivity index (χ1n) is 8.71. The average Bonchev–Trinajstić information content (AvgIpc) is 3.16. The minimum atomic E-state index is -0.553. The molecule has 0 saturated carbocycles. The molecule has 1 aromatic heterocycles. The van der Waals surface area contributed by atoms with Gasteiger partial charge in [0, 0.05) is 16.8 Å². The van der Waals surface area contributed by atoms with Crippen LogP contribution in [-0.2, 0) is 0 Å². The second-order valence-corrected chi connectivity index (χ2v) is 7.19. The zero-order valence-corrected chi connectivity index (χ0v) is 15.9. The van der Waals surface area contributed by atoms with Crippen LogP contribution in [0.3, 0.4) is 0 Å². The summed E-state index contributed by atoms with van der Waals surface area (Å²) in [5.74, 6) is -0.644. The van der Waals surface area contributed by atoms with Gasteiger partial charge in [-0.3, -0.25) is 4.79 Å². The van der Waals surface area contributed by atoms with E-state index in [2.05, 4.69) is 10.3 Å². The van der Waals surface area contributed by atoms with Crippen molar-refractivity contribution in [1.82, 2.24) is 4.98 Å². The maximum absolute atomic E-state index is 13.9. The minimum Gasteiger partial charge on any atom is -0.494 e. The number of nitrogens with one attached hydrogen (secondary N) is 1. The van der Waals surface area contributed by atoms with Gasteiger partial charge in [0.1, 0.15) is 5.01 Å². The van der Waals surface area contributed by atoms with E-state index in [1.807, 2.05) is 48.5 Å². The number of carbonyl (C=O) groups excluding carboxylic acids is 1. The monoisotopic (exact) mass is 392 g/mol. The van der Waals surface area contributed by atoms with Gasteiger partial charge in [-0.05, 0) is 42.5 Å². The number of benzene rings is 3. The van der Waals surface area contributed by atoms with Gasteiger partial charge < -0.3 is 10.1 Å². The second-order valence-electron chi connectivity index (χ2n) is 6.16. The van der Waals surface area contributed by atoms with Crippen LogP contribution in [0, 0.1) is 5.82 Å². The summed E-state index contributed by atoms with van der Waals surface area (Å²) in [5, 5.41) is 4.05. The Hall–Kier alpha value is -3.25. The maximum Gasteiger partial charge on any atom is 0.181 e.